The largest absolute Gasteiger partial charge is 0.496 e. The molecular weight excluding hydrogens is 576 g/mol. The van der Waals surface area contributed by atoms with Gasteiger partial charge in [0.15, 0.2) is 16.6 Å². The molecule has 0 aliphatic rings. The summed E-state index contributed by atoms with van der Waals surface area (Å²) in [5, 5.41) is 24.7. The van der Waals surface area contributed by atoms with E-state index in [1.165, 1.54) is 32.7 Å². The fraction of sp³-hybridized carbons (Fsp3) is 0.207. The van der Waals surface area contributed by atoms with E-state index in [9.17, 15) is 15.3 Å². The van der Waals surface area contributed by atoms with E-state index in [4.69, 9.17) is 24.7 Å². The van der Waals surface area contributed by atoms with E-state index in [-0.39, 0.29) is 33.4 Å². The number of nitriles is 2. The molecule has 13 heteroatoms. The van der Waals surface area contributed by atoms with Crippen molar-refractivity contribution in [1.29, 1.82) is 10.5 Å². The number of carbonyl (C=O) groups is 1. The van der Waals surface area contributed by atoms with Crippen molar-refractivity contribution in [2.24, 2.45) is 0 Å². The minimum atomic E-state index is -0.705. The van der Waals surface area contributed by atoms with Gasteiger partial charge in [0.25, 0.3) is 0 Å². The molecule has 11 nitrogen and oxygen atoms in total. The molecule has 214 valence electrons. The summed E-state index contributed by atoms with van der Waals surface area (Å²) in [7, 11) is 5.97. The van der Waals surface area contributed by atoms with Gasteiger partial charge in [0.1, 0.15) is 34.3 Å². The number of thioether (sulfide) groups is 1. The van der Waals surface area contributed by atoms with Gasteiger partial charge in [-0.25, -0.2) is 9.97 Å². The van der Waals surface area contributed by atoms with Crippen molar-refractivity contribution in [3.63, 3.8) is 0 Å². The summed E-state index contributed by atoms with van der Waals surface area (Å²) in [5.41, 5.74) is 8.40. The SMILES string of the molecule is COc1ccccc1-c1csc(NC(=O)C(C)Sc2nc(N)c(C#N)c(-c3cc(OC)c(OC)c(OC)c3)c2C#N)n1. The maximum atomic E-state index is 13.2. The standard InChI is InChI=1S/C29H26N6O5S2/c1-15(27(36)35-29-33-20(14-41-29)17-8-6-7-9-21(17)37-2)42-28-19(13-31)24(18(12-30)26(32)34-28)16-10-22(38-3)25(40-5)23(11-16)39-4/h6-11,14-15H,1-5H3,(H2,32,34)(H,33,35,36). The van der Waals surface area contributed by atoms with E-state index >= 15 is 0 Å². The molecule has 1 unspecified atom stereocenters. The average molecular weight is 603 g/mol. The number of anilines is 2. The van der Waals surface area contributed by atoms with Gasteiger partial charge in [-0.3, -0.25) is 4.79 Å². The summed E-state index contributed by atoms with van der Waals surface area (Å²) in [6.07, 6.45) is 0. The van der Waals surface area contributed by atoms with Crippen LogP contribution in [0.1, 0.15) is 18.1 Å². The number of nitrogens with one attached hydrogen (secondary N) is 1. The van der Waals surface area contributed by atoms with Crippen molar-refractivity contribution in [3.8, 4) is 57.5 Å². The van der Waals surface area contributed by atoms with Crippen LogP contribution in [0.2, 0.25) is 0 Å². The van der Waals surface area contributed by atoms with Crippen LogP contribution in [0.15, 0.2) is 46.8 Å². The molecule has 2 aromatic carbocycles. The molecule has 4 rings (SSSR count). The lowest BCUT2D eigenvalue weighted by molar-refractivity contribution is -0.115. The highest BCUT2D eigenvalue weighted by molar-refractivity contribution is 8.00. The predicted molar refractivity (Wildman–Crippen MR) is 161 cm³/mol. The van der Waals surface area contributed by atoms with Crippen molar-refractivity contribution < 1.29 is 23.7 Å². The number of aromatic nitrogens is 2. The van der Waals surface area contributed by atoms with Crippen molar-refractivity contribution in [3.05, 3.63) is 52.9 Å². The molecule has 0 saturated carbocycles. The Kier molecular flexibility index (Phi) is 9.37. The highest BCUT2D eigenvalue weighted by Gasteiger charge is 2.26. The molecule has 2 aromatic heterocycles. The van der Waals surface area contributed by atoms with Crippen LogP contribution >= 0.6 is 23.1 Å². The fourth-order valence-electron chi connectivity index (χ4n) is 4.14. The van der Waals surface area contributed by atoms with E-state index in [1.807, 2.05) is 35.7 Å². The fourth-order valence-corrected chi connectivity index (χ4v) is 5.77. The Balaban J connectivity index is 1.67. The zero-order chi connectivity index (χ0) is 30.4. The summed E-state index contributed by atoms with van der Waals surface area (Å²) in [4.78, 5) is 22.0. The topological polar surface area (TPSA) is 165 Å². The second-order valence-corrected chi connectivity index (χ2v) is 10.7. The summed E-state index contributed by atoms with van der Waals surface area (Å²) in [6.45, 7) is 1.67. The first-order valence-electron chi connectivity index (χ1n) is 12.3. The third-order valence-corrected chi connectivity index (χ3v) is 7.99. The normalized spacial score (nSPS) is 11.1. The Labute approximate surface area is 250 Å². The third kappa shape index (κ3) is 5.88. The number of ether oxygens (including phenoxy) is 4. The monoisotopic (exact) mass is 602 g/mol. The van der Waals surface area contributed by atoms with Crippen LogP contribution in [0.3, 0.4) is 0 Å². The molecule has 1 atom stereocenters. The Morgan fingerprint density at radius 1 is 0.976 bits per heavy atom. The van der Waals surface area contributed by atoms with Gasteiger partial charge in [-0.2, -0.15) is 10.5 Å². The van der Waals surface area contributed by atoms with Gasteiger partial charge in [-0.05, 0) is 36.8 Å². The van der Waals surface area contributed by atoms with Gasteiger partial charge in [-0.1, -0.05) is 23.9 Å². The van der Waals surface area contributed by atoms with Crippen LogP contribution in [0, 0.1) is 22.7 Å². The van der Waals surface area contributed by atoms with Crippen molar-refractivity contribution in [2.45, 2.75) is 17.2 Å². The number of carbonyl (C=O) groups excluding carboxylic acids is 1. The molecule has 0 aliphatic heterocycles. The lowest BCUT2D eigenvalue weighted by atomic mass is 9.96. The van der Waals surface area contributed by atoms with E-state index in [0.29, 0.717) is 39.4 Å². The molecule has 0 fully saturated rings. The number of benzene rings is 2. The van der Waals surface area contributed by atoms with E-state index in [1.54, 1.807) is 26.2 Å². The first-order valence-corrected chi connectivity index (χ1v) is 14.1. The molecule has 0 spiro atoms. The zero-order valence-electron chi connectivity index (χ0n) is 23.3. The van der Waals surface area contributed by atoms with Crippen LogP contribution in [-0.4, -0.2) is 49.6 Å². The molecule has 0 bridgehead atoms. The number of para-hydroxylation sites is 1. The molecule has 0 saturated heterocycles. The van der Waals surface area contributed by atoms with Crippen LogP contribution in [-0.2, 0) is 4.79 Å². The molecule has 42 heavy (non-hydrogen) atoms. The zero-order valence-corrected chi connectivity index (χ0v) is 25.0. The highest BCUT2D eigenvalue weighted by Crippen LogP contribution is 2.44. The van der Waals surface area contributed by atoms with Crippen molar-refractivity contribution >= 4 is 40.0 Å². The molecule has 0 aliphatic carbocycles. The number of hydrogen-bond donors (Lipinski definition) is 2. The second kappa shape index (κ2) is 13.1. The summed E-state index contributed by atoms with van der Waals surface area (Å²) >= 11 is 2.31. The number of thiazole rings is 1. The third-order valence-electron chi connectivity index (χ3n) is 6.14. The summed E-state index contributed by atoms with van der Waals surface area (Å²) < 4.78 is 21.7. The molecule has 1 amide bonds. The summed E-state index contributed by atoms with van der Waals surface area (Å²) in [6, 6.07) is 14.9. The molecular formula is C29H26N6O5S2. The number of hydrogen-bond acceptors (Lipinski definition) is 12. The molecule has 3 N–H and O–H groups in total. The lowest BCUT2D eigenvalue weighted by Crippen LogP contribution is -2.22. The smallest absolute Gasteiger partial charge is 0.239 e. The van der Waals surface area contributed by atoms with Crippen LogP contribution in [0.25, 0.3) is 22.4 Å². The van der Waals surface area contributed by atoms with Gasteiger partial charge in [0.05, 0.1) is 44.9 Å². The Bertz CT molecular complexity index is 1700. The van der Waals surface area contributed by atoms with Crippen LogP contribution < -0.4 is 30.0 Å². The predicted octanol–water partition coefficient (Wildman–Crippen LogP) is 5.35. The number of nitrogens with zero attached hydrogens (tertiary/aromatic N) is 4. The second-order valence-electron chi connectivity index (χ2n) is 8.55. The average Bonchev–Trinajstić information content (AvgIpc) is 3.47. The number of nitrogens with two attached hydrogens (primary N) is 1. The van der Waals surface area contributed by atoms with Crippen LogP contribution in [0.4, 0.5) is 10.9 Å². The summed E-state index contributed by atoms with van der Waals surface area (Å²) in [5.74, 6) is 1.22. The van der Waals surface area contributed by atoms with Crippen molar-refractivity contribution in [2.75, 3.05) is 39.5 Å². The number of amides is 1. The maximum Gasteiger partial charge on any atom is 0.239 e. The molecule has 0 radical (unpaired) electrons. The highest BCUT2D eigenvalue weighted by atomic mass is 32.2. The number of rotatable bonds is 10. The van der Waals surface area contributed by atoms with Crippen molar-refractivity contribution in [1.82, 2.24) is 9.97 Å². The van der Waals surface area contributed by atoms with Crippen LogP contribution in [0.5, 0.6) is 23.0 Å². The number of nitrogen functional groups attached to an aromatic ring is 1. The van der Waals surface area contributed by atoms with E-state index in [0.717, 1.165) is 17.3 Å². The molecule has 4 aromatic rings. The van der Waals surface area contributed by atoms with Gasteiger partial charge in [0.2, 0.25) is 11.7 Å². The minimum absolute atomic E-state index is 0.00827. The number of methoxy groups -OCH3 is 4. The Morgan fingerprint density at radius 3 is 2.21 bits per heavy atom. The van der Waals surface area contributed by atoms with Gasteiger partial charge < -0.3 is 30.0 Å². The van der Waals surface area contributed by atoms with E-state index < -0.39 is 5.25 Å². The van der Waals surface area contributed by atoms with Gasteiger partial charge in [-0.15, -0.1) is 11.3 Å². The molecule has 2 heterocycles. The number of pyridine rings is 1. The van der Waals surface area contributed by atoms with E-state index in [2.05, 4.69) is 21.4 Å². The minimum Gasteiger partial charge on any atom is -0.496 e. The van der Waals surface area contributed by atoms with Gasteiger partial charge in [0, 0.05) is 16.5 Å². The lowest BCUT2D eigenvalue weighted by Gasteiger charge is -2.18. The maximum absolute atomic E-state index is 13.2. The first-order chi connectivity index (χ1) is 20.3. The Morgan fingerprint density at radius 2 is 1.62 bits per heavy atom. The first kappa shape index (κ1) is 30.0. The van der Waals surface area contributed by atoms with Gasteiger partial charge >= 0.3 is 0 Å². The quantitative estimate of drug-likeness (QED) is 0.225. The Hall–Kier alpha value is -4.98.